The molecule has 1 aromatic carbocycles. The van der Waals surface area contributed by atoms with E-state index in [9.17, 15) is 17.2 Å². The Hall–Kier alpha value is -3.59. The van der Waals surface area contributed by atoms with Crippen molar-refractivity contribution in [2.24, 2.45) is 0 Å². The van der Waals surface area contributed by atoms with Gasteiger partial charge in [-0.05, 0) is 58.4 Å². The summed E-state index contributed by atoms with van der Waals surface area (Å²) in [4.78, 5) is 22.2. The highest BCUT2D eigenvalue weighted by molar-refractivity contribution is 7.85. The molecule has 4 heterocycles. The van der Waals surface area contributed by atoms with Crippen LogP contribution in [0.4, 0.5) is 20.5 Å². The van der Waals surface area contributed by atoms with Crippen LogP contribution in [-0.2, 0) is 16.7 Å². The van der Waals surface area contributed by atoms with E-state index in [0.717, 1.165) is 44.5 Å². The van der Waals surface area contributed by atoms with E-state index in [1.54, 1.807) is 6.07 Å². The number of halogens is 2. The quantitative estimate of drug-likeness (QED) is 0.279. The summed E-state index contributed by atoms with van der Waals surface area (Å²) in [7, 11) is -3.67. The molecule has 0 amide bonds. The van der Waals surface area contributed by atoms with Gasteiger partial charge in [0.2, 0.25) is 5.95 Å². The van der Waals surface area contributed by atoms with Crippen molar-refractivity contribution in [2.75, 3.05) is 37.8 Å². The summed E-state index contributed by atoms with van der Waals surface area (Å²) in [6.07, 6.45) is 3.64. The van der Waals surface area contributed by atoms with Gasteiger partial charge in [0, 0.05) is 56.6 Å². The molecular formula is C29H38F2N8O3S. The lowest BCUT2D eigenvalue weighted by Gasteiger charge is -2.36. The molecule has 1 aliphatic rings. The predicted molar refractivity (Wildman–Crippen MR) is 163 cm³/mol. The van der Waals surface area contributed by atoms with Gasteiger partial charge in [-0.15, -0.1) is 0 Å². The minimum Gasteiger partial charge on any atom is -0.326 e. The largest absolute Gasteiger partial charge is 0.326 e. The molecule has 1 fully saturated rings. The van der Waals surface area contributed by atoms with Crippen LogP contribution in [0.1, 0.15) is 45.1 Å². The number of nitrogens with zero attached hydrogens (tertiary/aromatic N) is 7. The van der Waals surface area contributed by atoms with Gasteiger partial charge in [-0.25, -0.2) is 28.7 Å². The van der Waals surface area contributed by atoms with E-state index in [2.05, 4.69) is 48.9 Å². The van der Waals surface area contributed by atoms with Gasteiger partial charge in [-0.2, -0.15) is 8.42 Å². The first kappa shape index (κ1) is 32.3. The molecule has 0 aliphatic carbocycles. The Labute approximate surface area is 250 Å². The van der Waals surface area contributed by atoms with Crippen LogP contribution in [0, 0.1) is 18.6 Å². The van der Waals surface area contributed by atoms with E-state index in [1.165, 1.54) is 6.07 Å². The monoisotopic (exact) mass is 616 g/mol. The van der Waals surface area contributed by atoms with Crippen LogP contribution in [0.5, 0.6) is 0 Å². The second-order valence-corrected chi connectivity index (χ2v) is 12.6. The lowest BCUT2D eigenvalue weighted by Crippen LogP contribution is -2.48. The zero-order valence-corrected chi connectivity index (χ0v) is 26.0. The minimum absolute atomic E-state index is 0.00891. The average molecular weight is 617 g/mol. The number of pyridine rings is 1. The topological polar surface area (TPSA) is 129 Å². The molecule has 0 bridgehead atoms. The Morgan fingerprint density at radius 1 is 0.953 bits per heavy atom. The Morgan fingerprint density at radius 2 is 1.63 bits per heavy atom. The number of rotatable bonds is 7. The molecule has 5 rings (SSSR count). The molecule has 0 atom stereocenters. The van der Waals surface area contributed by atoms with Gasteiger partial charge >= 0.3 is 0 Å². The third-order valence-electron chi connectivity index (χ3n) is 7.07. The van der Waals surface area contributed by atoms with Crippen molar-refractivity contribution in [3.05, 3.63) is 59.7 Å². The number of nitrogens with one attached hydrogen (secondary N) is 1. The molecule has 0 unspecified atom stereocenters. The maximum Gasteiger partial charge on any atom is 0.261 e. The zero-order chi connectivity index (χ0) is 31.5. The number of piperazine rings is 1. The first-order valence-corrected chi connectivity index (χ1v) is 15.9. The number of hydrogen-bond donors (Lipinski definition) is 2. The van der Waals surface area contributed by atoms with Crippen LogP contribution in [0.2, 0.25) is 0 Å². The highest BCUT2D eigenvalue weighted by Gasteiger charge is 2.20. The SMILES string of the molecule is CS(=O)(=O)O.Cc1nc2c(F)cc(-c3nc(Nc4ccc(CN5CCN(C(C)C)CC5)cn4)ncc3F)cc2n1C(C)C. The molecule has 0 radical (unpaired) electrons. The smallest absolute Gasteiger partial charge is 0.261 e. The van der Waals surface area contributed by atoms with Crippen molar-refractivity contribution < 1.29 is 21.8 Å². The summed E-state index contributed by atoms with van der Waals surface area (Å²) in [6.45, 7) is 15.4. The number of hydrogen-bond acceptors (Lipinski definition) is 9. The maximum atomic E-state index is 15.0. The van der Waals surface area contributed by atoms with Crippen molar-refractivity contribution >= 4 is 32.9 Å². The van der Waals surface area contributed by atoms with Crippen LogP contribution in [0.15, 0.2) is 36.7 Å². The van der Waals surface area contributed by atoms with Crippen LogP contribution in [0.3, 0.4) is 0 Å². The fourth-order valence-corrected chi connectivity index (χ4v) is 5.09. The second-order valence-electron chi connectivity index (χ2n) is 11.2. The molecule has 3 aromatic heterocycles. The number of anilines is 2. The Balaban J connectivity index is 0.000000782. The van der Waals surface area contributed by atoms with E-state index in [4.69, 9.17) is 4.55 Å². The predicted octanol–water partition coefficient (Wildman–Crippen LogP) is 4.83. The van der Waals surface area contributed by atoms with Crippen molar-refractivity contribution in [1.29, 1.82) is 0 Å². The normalized spacial score (nSPS) is 14.8. The number of benzene rings is 1. The molecule has 1 saturated heterocycles. The third-order valence-corrected chi connectivity index (χ3v) is 7.07. The zero-order valence-electron chi connectivity index (χ0n) is 25.2. The van der Waals surface area contributed by atoms with Crippen LogP contribution in [-0.4, -0.2) is 85.8 Å². The van der Waals surface area contributed by atoms with Crippen LogP contribution >= 0.6 is 0 Å². The average Bonchev–Trinajstić information content (AvgIpc) is 3.27. The standard InChI is InChI=1S/C28H34F2N8.CH4O3S/c1-17(2)37-10-8-36(9-11-37)16-20-6-7-25(31-14-20)34-28-32-15-23(30)26(35-28)21-12-22(29)27-24(13-21)38(18(3)4)19(5)33-27;1-5(2,3)4/h6-7,12-15,17-18H,8-11,16H2,1-5H3,(H,31,32,34,35);1H3,(H,2,3,4). The van der Waals surface area contributed by atoms with Gasteiger partial charge in [0.1, 0.15) is 22.9 Å². The van der Waals surface area contributed by atoms with Gasteiger partial charge in [0.25, 0.3) is 10.1 Å². The molecule has 14 heteroatoms. The van der Waals surface area contributed by atoms with Crippen LogP contribution in [0.25, 0.3) is 22.3 Å². The van der Waals surface area contributed by atoms with Crippen molar-refractivity contribution in [3.63, 3.8) is 0 Å². The lowest BCUT2D eigenvalue weighted by atomic mass is 10.1. The summed E-state index contributed by atoms with van der Waals surface area (Å²) >= 11 is 0. The van der Waals surface area contributed by atoms with Gasteiger partial charge in [0.15, 0.2) is 11.6 Å². The van der Waals surface area contributed by atoms with Crippen LogP contribution < -0.4 is 5.32 Å². The van der Waals surface area contributed by atoms with Crippen molar-refractivity contribution in [1.82, 2.24) is 34.3 Å². The molecule has 0 saturated carbocycles. The van der Waals surface area contributed by atoms with E-state index in [1.807, 2.05) is 43.7 Å². The van der Waals surface area contributed by atoms with Gasteiger partial charge < -0.3 is 9.88 Å². The highest BCUT2D eigenvalue weighted by atomic mass is 32.2. The molecule has 0 spiro atoms. The molecule has 43 heavy (non-hydrogen) atoms. The molecule has 1 aliphatic heterocycles. The maximum absolute atomic E-state index is 15.0. The van der Waals surface area contributed by atoms with Gasteiger partial charge in [-0.1, -0.05) is 6.07 Å². The highest BCUT2D eigenvalue weighted by Crippen LogP contribution is 2.30. The first-order chi connectivity index (χ1) is 20.2. The second kappa shape index (κ2) is 13.4. The number of fused-ring (bicyclic) bond motifs is 1. The fraction of sp³-hybridized carbons (Fsp3) is 0.448. The minimum atomic E-state index is -3.67. The Kier molecular flexibility index (Phi) is 10.1. The third kappa shape index (κ3) is 8.50. The first-order valence-electron chi connectivity index (χ1n) is 14.0. The number of aromatic nitrogens is 5. The molecule has 2 N–H and O–H groups in total. The number of aryl methyl sites for hydroxylation is 1. The fourth-order valence-electron chi connectivity index (χ4n) is 5.09. The summed E-state index contributed by atoms with van der Waals surface area (Å²) in [5.41, 5.74) is 2.31. The molecule has 4 aromatic rings. The summed E-state index contributed by atoms with van der Waals surface area (Å²) in [5, 5.41) is 3.04. The Bertz CT molecular complexity index is 1660. The van der Waals surface area contributed by atoms with Gasteiger partial charge in [-0.3, -0.25) is 14.4 Å². The van der Waals surface area contributed by atoms with E-state index >= 15 is 0 Å². The molecular weight excluding hydrogens is 578 g/mol. The summed E-state index contributed by atoms with van der Waals surface area (Å²) < 4.78 is 57.6. The summed E-state index contributed by atoms with van der Waals surface area (Å²) in [5.74, 6) is 0.272. The lowest BCUT2D eigenvalue weighted by molar-refractivity contribution is 0.104. The molecule has 232 valence electrons. The van der Waals surface area contributed by atoms with Gasteiger partial charge in [0.05, 0.1) is 18.0 Å². The van der Waals surface area contributed by atoms with E-state index < -0.39 is 21.8 Å². The number of imidazole rings is 1. The van der Waals surface area contributed by atoms with Crippen molar-refractivity contribution in [2.45, 2.75) is 53.2 Å². The molecule has 11 nitrogen and oxygen atoms in total. The van der Waals surface area contributed by atoms with E-state index in [-0.39, 0.29) is 23.2 Å². The summed E-state index contributed by atoms with van der Waals surface area (Å²) in [6, 6.07) is 7.52. The van der Waals surface area contributed by atoms with E-state index in [0.29, 0.717) is 35.0 Å². The Morgan fingerprint density at radius 3 is 2.21 bits per heavy atom. The van der Waals surface area contributed by atoms with Crippen molar-refractivity contribution in [3.8, 4) is 11.3 Å².